The van der Waals surface area contributed by atoms with Crippen LogP contribution < -0.4 is 0 Å². The van der Waals surface area contributed by atoms with E-state index in [9.17, 15) is 8.42 Å². The van der Waals surface area contributed by atoms with Crippen molar-refractivity contribution in [2.24, 2.45) is 0 Å². The lowest BCUT2D eigenvalue weighted by Gasteiger charge is -2.34. The highest BCUT2D eigenvalue weighted by atomic mass is 35.5. The Balaban J connectivity index is 2.12. The van der Waals surface area contributed by atoms with Gasteiger partial charge in [-0.25, -0.2) is 8.42 Å². The lowest BCUT2D eigenvalue weighted by molar-refractivity contribution is -0.0747. The Morgan fingerprint density at radius 2 is 2.05 bits per heavy atom. The summed E-state index contributed by atoms with van der Waals surface area (Å²) in [4.78, 5) is 0. The van der Waals surface area contributed by atoms with E-state index in [0.717, 1.165) is 5.56 Å². The monoisotopic (exact) mass is 331 g/mol. The lowest BCUT2D eigenvalue weighted by atomic mass is 10.2. The van der Waals surface area contributed by atoms with Gasteiger partial charge in [-0.1, -0.05) is 23.7 Å². The Labute approximate surface area is 129 Å². The molecular formula is C14H18ClNO4S. The Bertz CT molecular complexity index is 600. The molecule has 0 aromatic heterocycles. The van der Waals surface area contributed by atoms with Crippen LogP contribution in [-0.4, -0.2) is 49.7 Å². The SMILES string of the molecule is CC1CN(S(=O)(=O)/C=C/c2ccc(Cl)cc2)CC(CO)O1. The van der Waals surface area contributed by atoms with Gasteiger partial charge in [0.25, 0.3) is 0 Å². The summed E-state index contributed by atoms with van der Waals surface area (Å²) in [6.07, 6.45) is 0.807. The topological polar surface area (TPSA) is 66.8 Å². The first-order valence-corrected chi connectivity index (χ1v) is 8.49. The molecule has 2 atom stereocenters. The van der Waals surface area contributed by atoms with Crippen molar-refractivity contribution >= 4 is 27.7 Å². The first-order valence-electron chi connectivity index (χ1n) is 6.61. The standard InChI is InChI=1S/C14H18ClNO4S/c1-11-8-16(9-14(10-17)20-11)21(18,19)7-6-12-2-4-13(15)5-3-12/h2-7,11,14,17H,8-10H2,1H3/b7-6+. The van der Waals surface area contributed by atoms with Crippen LogP contribution in [0.1, 0.15) is 12.5 Å². The molecule has 116 valence electrons. The molecule has 1 aliphatic rings. The molecule has 1 aliphatic heterocycles. The maximum atomic E-state index is 12.3. The molecule has 0 bridgehead atoms. The van der Waals surface area contributed by atoms with Gasteiger partial charge in [0.05, 0.1) is 18.8 Å². The predicted molar refractivity (Wildman–Crippen MR) is 82.4 cm³/mol. The van der Waals surface area contributed by atoms with Crippen molar-refractivity contribution < 1.29 is 18.3 Å². The van der Waals surface area contributed by atoms with Gasteiger partial charge in [0, 0.05) is 23.5 Å². The van der Waals surface area contributed by atoms with E-state index in [2.05, 4.69) is 0 Å². The second-order valence-corrected chi connectivity index (χ2v) is 7.22. The van der Waals surface area contributed by atoms with Gasteiger partial charge in [-0.3, -0.25) is 0 Å². The molecule has 21 heavy (non-hydrogen) atoms. The summed E-state index contributed by atoms with van der Waals surface area (Å²) in [7, 11) is -3.54. The minimum atomic E-state index is -3.54. The molecule has 0 spiro atoms. The molecule has 0 radical (unpaired) electrons. The van der Waals surface area contributed by atoms with Gasteiger partial charge in [0.2, 0.25) is 10.0 Å². The van der Waals surface area contributed by atoms with Crippen molar-refractivity contribution in [2.45, 2.75) is 19.1 Å². The van der Waals surface area contributed by atoms with Gasteiger partial charge < -0.3 is 9.84 Å². The van der Waals surface area contributed by atoms with Crippen LogP contribution in [-0.2, 0) is 14.8 Å². The van der Waals surface area contributed by atoms with Crippen molar-refractivity contribution in [1.29, 1.82) is 0 Å². The number of hydrogen-bond acceptors (Lipinski definition) is 4. The molecule has 5 nitrogen and oxygen atoms in total. The molecular weight excluding hydrogens is 314 g/mol. The average Bonchev–Trinajstić information content (AvgIpc) is 2.46. The van der Waals surface area contributed by atoms with Gasteiger partial charge in [0.15, 0.2) is 0 Å². The zero-order valence-corrected chi connectivity index (χ0v) is 13.2. The van der Waals surface area contributed by atoms with Crippen molar-refractivity contribution in [3.05, 3.63) is 40.3 Å². The van der Waals surface area contributed by atoms with Gasteiger partial charge in [0.1, 0.15) is 0 Å². The molecule has 1 aromatic carbocycles. The van der Waals surface area contributed by atoms with Crippen LogP contribution in [0.2, 0.25) is 5.02 Å². The van der Waals surface area contributed by atoms with Crippen molar-refractivity contribution in [3.8, 4) is 0 Å². The molecule has 0 amide bonds. The van der Waals surface area contributed by atoms with E-state index in [-0.39, 0.29) is 25.8 Å². The summed E-state index contributed by atoms with van der Waals surface area (Å²) in [5.41, 5.74) is 0.753. The maximum Gasteiger partial charge on any atom is 0.236 e. The van der Waals surface area contributed by atoms with E-state index in [1.54, 1.807) is 31.2 Å². The number of nitrogens with zero attached hydrogens (tertiary/aromatic N) is 1. The fraction of sp³-hybridized carbons (Fsp3) is 0.429. The quantitative estimate of drug-likeness (QED) is 0.912. The Morgan fingerprint density at radius 3 is 2.67 bits per heavy atom. The average molecular weight is 332 g/mol. The number of aliphatic hydroxyl groups excluding tert-OH is 1. The largest absolute Gasteiger partial charge is 0.394 e. The van der Waals surface area contributed by atoms with E-state index >= 15 is 0 Å². The number of rotatable bonds is 4. The number of ether oxygens (including phenoxy) is 1. The number of halogens is 1. The fourth-order valence-corrected chi connectivity index (χ4v) is 3.56. The van der Waals surface area contributed by atoms with Gasteiger partial charge >= 0.3 is 0 Å². The summed E-state index contributed by atoms with van der Waals surface area (Å²) in [6, 6.07) is 6.89. The molecule has 0 aliphatic carbocycles. The number of benzene rings is 1. The first-order chi connectivity index (χ1) is 9.90. The summed E-state index contributed by atoms with van der Waals surface area (Å²) < 4.78 is 31.4. The van der Waals surface area contributed by atoms with Crippen molar-refractivity contribution in [1.82, 2.24) is 4.31 Å². The maximum absolute atomic E-state index is 12.3. The highest BCUT2D eigenvalue weighted by Gasteiger charge is 2.31. The Kier molecular flexibility index (Phi) is 5.40. The number of morpholine rings is 1. The second kappa shape index (κ2) is 6.89. The van der Waals surface area contributed by atoms with Gasteiger partial charge in [-0.15, -0.1) is 0 Å². The zero-order chi connectivity index (χ0) is 15.5. The van der Waals surface area contributed by atoms with Crippen LogP contribution in [0.25, 0.3) is 6.08 Å². The van der Waals surface area contributed by atoms with E-state index in [1.165, 1.54) is 15.8 Å². The first kappa shape index (κ1) is 16.5. The van der Waals surface area contributed by atoms with E-state index in [0.29, 0.717) is 5.02 Å². The minimum absolute atomic E-state index is 0.161. The molecule has 1 aromatic rings. The van der Waals surface area contributed by atoms with Crippen molar-refractivity contribution in [2.75, 3.05) is 19.7 Å². The molecule has 2 unspecified atom stereocenters. The Hall–Kier alpha value is -0.920. The lowest BCUT2D eigenvalue weighted by Crippen LogP contribution is -2.49. The van der Waals surface area contributed by atoms with Crippen LogP contribution in [0.3, 0.4) is 0 Å². The van der Waals surface area contributed by atoms with E-state index < -0.39 is 16.1 Å². The summed E-state index contributed by atoms with van der Waals surface area (Å²) in [5, 5.41) is 10.9. The molecule has 0 saturated carbocycles. The molecule has 1 N–H and O–H groups in total. The molecule has 1 fully saturated rings. The number of hydrogen-bond donors (Lipinski definition) is 1. The normalized spacial score (nSPS) is 24.5. The summed E-state index contributed by atoms with van der Waals surface area (Å²) in [5.74, 6) is 0. The molecule has 7 heteroatoms. The van der Waals surface area contributed by atoms with Crippen LogP contribution in [0.15, 0.2) is 29.7 Å². The number of sulfonamides is 1. The third-order valence-electron chi connectivity index (χ3n) is 3.16. The molecule has 1 heterocycles. The van der Waals surface area contributed by atoms with Crippen LogP contribution in [0, 0.1) is 0 Å². The smallest absolute Gasteiger partial charge is 0.236 e. The number of aliphatic hydroxyl groups is 1. The summed E-state index contributed by atoms with van der Waals surface area (Å²) in [6.45, 7) is 2.03. The minimum Gasteiger partial charge on any atom is -0.394 e. The molecule has 1 saturated heterocycles. The van der Waals surface area contributed by atoms with Crippen LogP contribution >= 0.6 is 11.6 Å². The highest BCUT2D eigenvalue weighted by molar-refractivity contribution is 7.92. The van der Waals surface area contributed by atoms with Gasteiger partial charge in [-0.05, 0) is 30.7 Å². The third-order valence-corrected chi connectivity index (χ3v) is 4.91. The third kappa shape index (κ3) is 4.52. The summed E-state index contributed by atoms with van der Waals surface area (Å²) >= 11 is 5.78. The van der Waals surface area contributed by atoms with E-state index in [4.69, 9.17) is 21.4 Å². The predicted octanol–water partition coefficient (Wildman–Crippen LogP) is 1.72. The highest BCUT2D eigenvalue weighted by Crippen LogP contribution is 2.17. The van der Waals surface area contributed by atoms with Crippen LogP contribution in [0.5, 0.6) is 0 Å². The van der Waals surface area contributed by atoms with Crippen molar-refractivity contribution in [3.63, 3.8) is 0 Å². The van der Waals surface area contributed by atoms with Gasteiger partial charge in [-0.2, -0.15) is 4.31 Å². The fourth-order valence-electron chi connectivity index (χ4n) is 2.14. The van der Waals surface area contributed by atoms with Crippen LogP contribution in [0.4, 0.5) is 0 Å². The Morgan fingerprint density at radius 1 is 1.38 bits per heavy atom. The molecule has 2 rings (SSSR count). The van der Waals surface area contributed by atoms with E-state index in [1.807, 2.05) is 0 Å². The second-order valence-electron chi connectivity index (χ2n) is 4.97. The zero-order valence-electron chi connectivity index (χ0n) is 11.6.